The number of hydrogen-bond acceptors (Lipinski definition) is 6. The molecule has 0 saturated carbocycles. The minimum Gasteiger partial charge on any atom is -0.337 e. The lowest BCUT2D eigenvalue weighted by atomic mass is 10.1. The number of benzene rings is 1. The largest absolute Gasteiger partial charge is 0.337 e. The Balaban J connectivity index is 1.30. The van der Waals surface area contributed by atoms with Crippen LogP contribution in [0.4, 0.5) is 10.7 Å². The molecule has 0 unspecified atom stereocenters. The molecule has 6 rings (SSSR count). The van der Waals surface area contributed by atoms with E-state index in [1.807, 2.05) is 40.2 Å². The fourth-order valence-electron chi connectivity index (χ4n) is 5.28. The quantitative estimate of drug-likeness (QED) is 0.453. The molecule has 0 spiro atoms. The van der Waals surface area contributed by atoms with E-state index in [2.05, 4.69) is 46.2 Å². The molecule has 2 saturated heterocycles. The number of amides is 2. The Morgan fingerprint density at radius 2 is 1.86 bits per heavy atom. The molecule has 37 heavy (non-hydrogen) atoms. The summed E-state index contributed by atoms with van der Waals surface area (Å²) in [7, 11) is 1.80. The highest BCUT2D eigenvalue weighted by molar-refractivity contribution is 5.84. The van der Waals surface area contributed by atoms with Crippen LogP contribution in [0.1, 0.15) is 23.9 Å². The average molecular weight is 499 g/mol. The summed E-state index contributed by atoms with van der Waals surface area (Å²) >= 11 is 0. The Morgan fingerprint density at radius 1 is 1.05 bits per heavy atom. The van der Waals surface area contributed by atoms with Crippen molar-refractivity contribution >= 4 is 22.9 Å². The van der Waals surface area contributed by atoms with Crippen LogP contribution in [0, 0.1) is 6.92 Å². The molecule has 10 nitrogen and oxygen atoms in total. The van der Waals surface area contributed by atoms with Gasteiger partial charge in [0, 0.05) is 56.9 Å². The lowest BCUT2D eigenvalue weighted by Crippen LogP contribution is -2.52. The molecular formula is C27H30N8O2. The molecule has 0 radical (unpaired) electrons. The number of hydrogen-bond donors (Lipinski definition) is 1. The van der Waals surface area contributed by atoms with Gasteiger partial charge in [-0.1, -0.05) is 19.1 Å². The molecule has 0 aliphatic carbocycles. The summed E-state index contributed by atoms with van der Waals surface area (Å²) in [6.45, 7) is 7.40. The van der Waals surface area contributed by atoms with Crippen LogP contribution in [0.15, 0.2) is 47.5 Å². The van der Waals surface area contributed by atoms with Crippen molar-refractivity contribution in [1.82, 2.24) is 34.5 Å². The van der Waals surface area contributed by atoms with Gasteiger partial charge in [-0.05, 0) is 42.7 Å². The first-order valence-electron chi connectivity index (χ1n) is 12.7. The highest BCUT2D eigenvalue weighted by Crippen LogP contribution is 2.25. The van der Waals surface area contributed by atoms with Gasteiger partial charge < -0.3 is 15.1 Å². The maximum atomic E-state index is 13.0. The third kappa shape index (κ3) is 4.02. The molecule has 5 heterocycles. The third-order valence-electron chi connectivity index (χ3n) is 7.57. The van der Waals surface area contributed by atoms with Crippen molar-refractivity contribution in [3.63, 3.8) is 0 Å². The first-order valence-corrected chi connectivity index (χ1v) is 12.7. The highest BCUT2D eigenvalue weighted by Gasteiger charge is 2.36. The molecule has 10 heteroatoms. The summed E-state index contributed by atoms with van der Waals surface area (Å²) in [6.07, 6.45) is 4.52. The second kappa shape index (κ2) is 9.02. The molecule has 2 aliphatic heterocycles. The SMILES string of the molecule is CCc1ccc(C)c(Cn2c3cc(-c4cnc(N5CCN6C(=O)NC[C@@H]6C5)nc4)ccc3c(=O)n2C)n1. The van der Waals surface area contributed by atoms with Crippen LogP contribution in [-0.4, -0.2) is 67.5 Å². The fraction of sp³-hybridized carbons (Fsp3) is 0.370. The van der Waals surface area contributed by atoms with Gasteiger partial charge in [0.1, 0.15) is 0 Å². The number of nitrogens with zero attached hydrogens (tertiary/aromatic N) is 7. The van der Waals surface area contributed by atoms with Gasteiger partial charge in [-0.15, -0.1) is 0 Å². The predicted molar refractivity (Wildman–Crippen MR) is 142 cm³/mol. The second-order valence-corrected chi connectivity index (χ2v) is 9.79. The number of anilines is 1. The Labute approximate surface area is 214 Å². The number of rotatable bonds is 5. The molecule has 1 N–H and O–H groups in total. The minimum absolute atomic E-state index is 0.0136. The molecule has 4 aromatic rings. The van der Waals surface area contributed by atoms with Crippen molar-refractivity contribution in [2.75, 3.05) is 31.1 Å². The van der Waals surface area contributed by atoms with Crippen molar-refractivity contribution in [3.05, 3.63) is 70.0 Å². The summed E-state index contributed by atoms with van der Waals surface area (Å²) in [4.78, 5) is 43.0. The Hall–Kier alpha value is -4.21. The first-order chi connectivity index (χ1) is 17.9. The predicted octanol–water partition coefficient (Wildman–Crippen LogP) is 2.32. The molecule has 2 aliphatic rings. The van der Waals surface area contributed by atoms with Gasteiger partial charge in [0.25, 0.3) is 5.56 Å². The standard InChI is InChI=1S/C27H30N8O2/c1-4-20-7-5-17(2)23(31-20)16-35-24-11-18(6-8-22(24)25(36)32(35)3)19-12-28-26(29-13-19)33-9-10-34-21(15-33)14-30-27(34)37/h5-8,11-13,21H,4,9-10,14-16H2,1-3H3,(H,30,37)/t21-/m1/s1. The topological polar surface area (TPSA) is 101 Å². The molecule has 2 amide bonds. The zero-order valence-electron chi connectivity index (χ0n) is 21.3. The van der Waals surface area contributed by atoms with Gasteiger partial charge in [0.15, 0.2) is 0 Å². The zero-order valence-corrected chi connectivity index (χ0v) is 21.3. The van der Waals surface area contributed by atoms with Crippen molar-refractivity contribution in [2.45, 2.75) is 32.9 Å². The van der Waals surface area contributed by atoms with Gasteiger partial charge >= 0.3 is 6.03 Å². The lowest BCUT2D eigenvalue weighted by molar-refractivity contribution is 0.197. The van der Waals surface area contributed by atoms with E-state index in [4.69, 9.17) is 4.98 Å². The number of carbonyl (C=O) groups is 1. The van der Waals surface area contributed by atoms with Crippen molar-refractivity contribution in [3.8, 4) is 11.1 Å². The van der Waals surface area contributed by atoms with Gasteiger partial charge in [0.2, 0.25) is 5.95 Å². The Bertz CT molecular complexity index is 1560. The van der Waals surface area contributed by atoms with Crippen LogP contribution < -0.4 is 15.8 Å². The van der Waals surface area contributed by atoms with Gasteiger partial charge in [-0.25, -0.2) is 14.8 Å². The maximum Gasteiger partial charge on any atom is 0.317 e. The number of aromatic nitrogens is 5. The van der Waals surface area contributed by atoms with Gasteiger partial charge in [-0.3, -0.25) is 19.1 Å². The van der Waals surface area contributed by atoms with E-state index in [1.165, 1.54) is 0 Å². The van der Waals surface area contributed by atoms with E-state index in [0.717, 1.165) is 40.0 Å². The van der Waals surface area contributed by atoms with Crippen molar-refractivity contribution in [2.24, 2.45) is 7.05 Å². The third-order valence-corrected chi connectivity index (χ3v) is 7.57. The second-order valence-electron chi connectivity index (χ2n) is 9.79. The van der Waals surface area contributed by atoms with E-state index in [1.54, 1.807) is 11.7 Å². The molecular weight excluding hydrogens is 468 g/mol. The number of nitrogens with one attached hydrogen (secondary N) is 1. The van der Waals surface area contributed by atoms with E-state index in [9.17, 15) is 9.59 Å². The number of piperazine rings is 1. The number of fused-ring (bicyclic) bond motifs is 2. The fourth-order valence-corrected chi connectivity index (χ4v) is 5.28. The molecule has 190 valence electrons. The van der Waals surface area contributed by atoms with Crippen LogP contribution in [0.5, 0.6) is 0 Å². The number of pyridine rings is 1. The van der Waals surface area contributed by atoms with Gasteiger partial charge in [-0.2, -0.15) is 0 Å². The Kier molecular flexibility index (Phi) is 5.66. The van der Waals surface area contributed by atoms with Crippen molar-refractivity contribution in [1.29, 1.82) is 0 Å². The molecule has 1 aromatic carbocycles. The molecule has 0 bridgehead atoms. The van der Waals surface area contributed by atoms with Crippen LogP contribution >= 0.6 is 0 Å². The molecule has 2 fully saturated rings. The molecule has 1 atom stereocenters. The van der Waals surface area contributed by atoms with Crippen LogP contribution in [0.2, 0.25) is 0 Å². The molecule has 3 aromatic heterocycles. The van der Waals surface area contributed by atoms with Crippen molar-refractivity contribution < 1.29 is 4.79 Å². The van der Waals surface area contributed by atoms with E-state index in [-0.39, 0.29) is 17.6 Å². The number of urea groups is 1. The number of carbonyl (C=O) groups excluding carboxylic acids is 1. The summed E-state index contributed by atoms with van der Waals surface area (Å²) in [6, 6.07) is 10.2. The number of aryl methyl sites for hydroxylation is 2. The Morgan fingerprint density at radius 3 is 2.65 bits per heavy atom. The zero-order chi connectivity index (χ0) is 25.7. The lowest BCUT2D eigenvalue weighted by Gasteiger charge is -2.36. The van der Waals surface area contributed by atoms with E-state index < -0.39 is 0 Å². The monoisotopic (exact) mass is 498 g/mol. The maximum absolute atomic E-state index is 13.0. The highest BCUT2D eigenvalue weighted by atomic mass is 16.2. The van der Waals surface area contributed by atoms with Gasteiger partial charge in [0.05, 0.1) is 29.2 Å². The first kappa shape index (κ1) is 23.2. The van der Waals surface area contributed by atoms with Crippen LogP contribution in [0.3, 0.4) is 0 Å². The van der Waals surface area contributed by atoms with E-state index >= 15 is 0 Å². The summed E-state index contributed by atoms with van der Waals surface area (Å²) in [5.74, 6) is 0.665. The van der Waals surface area contributed by atoms with Crippen LogP contribution in [0.25, 0.3) is 22.0 Å². The average Bonchev–Trinajstić information content (AvgIpc) is 3.41. The minimum atomic E-state index is -0.0310. The summed E-state index contributed by atoms with van der Waals surface area (Å²) < 4.78 is 3.65. The summed E-state index contributed by atoms with van der Waals surface area (Å²) in [5, 5.41) is 3.57. The van der Waals surface area contributed by atoms with Crippen LogP contribution in [-0.2, 0) is 20.0 Å². The summed E-state index contributed by atoms with van der Waals surface area (Å²) in [5.41, 5.74) is 5.75. The van der Waals surface area contributed by atoms with E-state index in [0.29, 0.717) is 44.1 Å². The smallest absolute Gasteiger partial charge is 0.317 e. The normalized spacial score (nSPS) is 17.4.